The van der Waals surface area contributed by atoms with Gasteiger partial charge in [0.2, 0.25) is 5.91 Å². The summed E-state index contributed by atoms with van der Waals surface area (Å²) in [5, 5.41) is 0. The quantitative estimate of drug-likeness (QED) is 0.389. The van der Waals surface area contributed by atoms with Crippen LogP contribution in [-0.4, -0.2) is 31.2 Å². The number of esters is 1. The zero-order valence-electron chi connectivity index (χ0n) is 20.2. The summed E-state index contributed by atoms with van der Waals surface area (Å²) in [6.45, 7) is 6.44. The highest BCUT2D eigenvalue weighted by Crippen LogP contribution is 2.42. The van der Waals surface area contributed by atoms with Crippen molar-refractivity contribution in [2.24, 2.45) is 5.92 Å². The summed E-state index contributed by atoms with van der Waals surface area (Å²) in [5.41, 5.74) is 2.96. The fraction of sp³-hybridized carbons (Fsp3) is 0.357. The van der Waals surface area contributed by atoms with E-state index in [9.17, 15) is 9.59 Å². The standard InChI is InChI=1S/C28H31NO5/c1-5-33-24(30)14-9-19-7-6-8-23(17-19)29(27(31)21-11-12-21)18-22-13-10-20-15-16-28(2,3)34-26(20)25(22)32-4/h6-10,13-17,21H,5,11-12,18H2,1-4H3/b14-9+. The van der Waals surface area contributed by atoms with Crippen LogP contribution in [0, 0.1) is 5.92 Å². The first-order valence-corrected chi connectivity index (χ1v) is 11.7. The van der Waals surface area contributed by atoms with Gasteiger partial charge in [-0.25, -0.2) is 4.79 Å². The van der Waals surface area contributed by atoms with Gasteiger partial charge in [-0.05, 0) is 63.5 Å². The minimum atomic E-state index is -0.442. The highest BCUT2D eigenvalue weighted by Gasteiger charge is 2.35. The van der Waals surface area contributed by atoms with Crippen LogP contribution in [0.15, 0.2) is 48.6 Å². The van der Waals surface area contributed by atoms with Crippen LogP contribution in [0.3, 0.4) is 0 Å². The lowest BCUT2D eigenvalue weighted by molar-refractivity contribution is -0.137. The van der Waals surface area contributed by atoms with Gasteiger partial charge in [-0.15, -0.1) is 0 Å². The molecule has 1 saturated carbocycles. The number of benzene rings is 2. The summed E-state index contributed by atoms with van der Waals surface area (Å²) in [5.74, 6) is 1.07. The number of amides is 1. The fourth-order valence-electron chi connectivity index (χ4n) is 3.96. The molecule has 2 aromatic carbocycles. The van der Waals surface area contributed by atoms with E-state index < -0.39 is 11.6 Å². The summed E-state index contributed by atoms with van der Waals surface area (Å²) < 4.78 is 17.0. The zero-order valence-corrected chi connectivity index (χ0v) is 20.2. The number of carbonyl (C=O) groups excluding carboxylic acids is 2. The second-order valence-electron chi connectivity index (χ2n) is 9.09. The van der Waals surface area contributed by atoms with Crippen molar-refractivity contribution in [2.45, 2.75) is 45.8 Å². The number of nitrogens with zero attached hydrogens (tertiary/aromatic N) is 1. The number of ether oxygens (including phenoxy) is 3. The van der Waals surface area contributed by atoms with Gasteiger partial charge in [-0.3, -0.25) is 4.79 Å². The molecule has 0 unspecified atom stereocenters. The predicted octanol–water partition coefficient (Wildman–Crippen LogP) is 5.40. The van der Waals surface area contributed by atoms with Gasteiger partial charge in [0.1, 0.15) is 5.60 Å². The average molecular weight is 462 g/mol. The van der Waals surface area contributed by atoms with Crippen LogP contribution in [0.4, 0.5) is 5.69 Å². The summed E-state index contributed by atoms with van der Waals surface area (Å²) in [4.78, 5) is 26.8. The Bertz CT molecular complexity index is 1140. The third-order valence-electron chi connectivity index (χ3n) is 5.86. The molecule has 0 N–H and O–H groups in total. The van der Waals surface area contributed by atoms with Crippen LogP contribution in [0.5, 0.6) is 11.5 Å². The van der Waals surface area contributed by atoms with Crippen LogP contribution in [0.1, 0.15) is 50.3 Å². The number of rotatable bonds is 8. The molecule has 0 atom stereocenters. The largest absolute Gasteiger partial charge is 0.492 e. The van der Waals surface area contributed by atoms with Crippen molar-refractivity contribution in [2.75, 3.05) is 18.6 Å². The first kappa shape index (κ1) is 23.6. The predicted molar refractivity (Wildman–Crippen MR) is 133 cm³/mol. The average Bonchev–Trinajstić information content (AvgIpc) is 3.66. The second-order valence-corrected chi connectivity index (χ2v) is 9.09. The van der Waals surface area contributed by atoms with Crippen molar-refractivity contribution in [3.05, 3.63) is 65.2 Å². The van der Waals surface area contributed by atoms with Crippen molar-refractivity contribution in [3.63, 3.8) is 0 Å². The third-order valence-corrected chi connectivity index (χ3v) is 5.86. The maximum Gasteiger partial charge on any atom is 0.330 e. The van der Waals surface area contributed by atoms with Gasteiger partial charge in [-0.2, -0.15) is 0 Å². The van der Waals surface area contributed by atoms with Gasteiger partial charge in [0, 0.05) is 28.8 Å². The summed E-state index contributed by atoms with van der Waals surface area (Å²) >= 11 is 0. The van der Waals surface area contributed by atoms with Crippen LogP contribution >= 0.6 is 0 Å². The van der Waals surface area contributed by atoms with Crippen molar-refractivity contribution in [1.29, 1.82) is 0 Å². The Morgan fingerprint density at radius 3 is 2.71 bits per heavy atom. The lowest BCUT2D eigenvalue weighted by Crippen LogP contribution is -2.32. The van der Waals surface area contributed by atoms with Crippen LogP contribution in [0.2, 0.25) is 0 Å². The van der Waals surface area contributed by atoms with Gasteiger partial charge in [0.25, 0.3) is 0 Å². The number of anilines is 1. The van der Waals surface area contributed by atoms with Crippen molar-refractivity contribution in [3.8, 4) is 11.5 Å². The SMILES string of the molecule is CCOC(=O)/C=C/c1cccc(N(Cc2ccc3c(c2OC)OC(C)(C)C=C3)C(=O)C2CC2)c1. The molecule has 178 valence electrons. The molecule has 6 nitrogen and oxygen atoms in total. The van der Waals surface area contributed by atoms with E-state index in [0.717, 1.165) is 35.2 Å². The molecule has 0 radical (unpaired) electrons. The molecule has 1 aliphatic heterocycles. The molecule has 1 fully saturated rings. The number of methoxy groups -OCH3 is 1. The molecule has 0 spiro atoms. The van der Waals surface area contributed by atoms with Crippen LogP contribution in [0.25, 0.3) is 12.2 Å². The van der Waals surface area contributed by atoms with Gasteiger partial charge < -0.3 is 19.1 Å². The van der Waals surface area contributed by atoms with E-state index in [2.05, 4.69) is 0 Å². The molecule has 1 amide bonds. The Morgan fingerprint density at radius 2 is 2.00 bits per heavy atom. The summed E-state index contributed by atoms with van der Waals surface area (Å²) in [6, 6.07) is 11.6. The number of carbonyl (C=O) groups is 2. The van der Waals surface area contributed by atoms with Gasteiger partial charge in [0.05, 0.1) is 20.3 Å². The molecule has 1 heterocycles. The second kappa shape index (κ2) is 9.75. The van der Waals surface area contributed by atoms with Gasteiger partial charge >= 0.3 is 5.97 Å². The van der Waals surface area contributed by atoms with E-state index in [0.29, 0.717) is 24.7 Å². The summed E-state index contributed by atoms with van der Waals surface area (Å²) in [7, 11) is 1.63. The van der Waals surface area contributed by atoms with Crippen molar-refractivity contribution in [1.82, 2.24) is 0 Å². The third kappa shape index (κ3) is 5.33. The molecule has 2 aliphatic rings. The fourth-order valence-corrected chi connectivity index (χ4v) is 3.96. The Morgan fingerprint density at radius 1 is 1.21 bits per heavy atom. The Kier molecular flexibility index (Phi) is 6.77. The number of hydrogen-bond acceptors (Lipinski definition) is 5. The zero-order chi connectivity index (χ0) is 24.3. The van der Waals surface area contributed by atoms with Crippen LogP contribution < -0.4 is 14.4 Å². The maximum absolute atomic E-state index is 13.3. The lowest BCUT2D eigenvalue weighted by atomic mass is 9.99. The molecule has 2 aromatic rings. The highest BCUT2D eigenvalue weighted by atomic mass is 16.5. The summed E-state index contributed by atoms with van der Waals surface area (Å²) in [6.07, 6.45) is 8.96. The molecular formula is C28H31NO5. The van der Waals surface area contributed by atoms with E-state index in [-0.39, 0.29) is 11.8 Å². The van der Waals surface area contributed by atoms with E-state index >= 15 is 0 Å². The Balaban J connectivity index is 1.67. The van der Waals surface area contributed by atoms with E-state index in [1.807, 2.05) is 62.4 Å². The van der Waals surface area contributed by atoms with Gasteiger partial charge in [0.15, 0.2) is 11.5 Å². The molecule has 6 heteroatoms. The minimum absolute atomic E-state index is 0.0421. The molecular weight excluding hydrogens is 430 g/mol. The molecule has 1 aliphatic carbocycles. The van der Waals surface area contributed by atoms with E-state index in [1.54, 1.807) is 25.0 Å². The first-order chi connectivity index (χ1) is 16.3. The Hall–Kier alpha value is -3.54. The van der Waals surface area contributed by atoms with E-state index in [4.69, 9.17) is 14.2 Å². The molecule has 0 saturated heterocycles. The van der Waals surface area contributed by atoms with Crippen molar-refractivity contribution < 1.29 is 23.8 Å². The van der Waals surface area contributed by atoms with Crippen LogP contribution in [-0.2, 0) is 20.9 Å². The molecule has 0 aromatic heterocycles. The van der Waals surface area contributed by atoms with Crippen molar-refractivity contribution >= 4 is 29.7 Å². The number of fused-ring (bicyclic) bond motifs is 1. The minimum Gasteiger partial charge on any atom is -0.492 e. The Labute approximate surface area is 200 Å². The van der Waals surface area contributed by atoms with Gasteiger partial charge in [-0.1, -0.05) is 30.3 Å². The first-order valence-electron chi connectivity index (χ1n) is 11.7. The highest BCUT2D eigenvalue weighted by molar-refractivity contribution is 5.97. The maximum atomic E-state index is 13.3. The monoisotopic (exact) mass is 461 g/mol. The molecule has 0 bridgehead atoms. The normalized spacial score (nSPS) is 16.0. The lowest BCUT2D eigenvalue weighted by Gasteiger charge is -2.31. The molecule has 4 rings (SSSR count). The molecule has 34 heavy (non-hydrogen) atoms. The number of hydrogen-bond donors (Lipinski definition) is 0. The van der Waals surface area contributed by atoms with E-state index in [1.165, 1.54) is 6.08 Å². The topological polar surface area (TPSA) is 65.1 Å². The smallest absolute Gasteiger partial charge is 0.330 e.